The van der Waals surface area contributed by atoms with Crippen molar-refractivity contribution in [3.8, 4) is 5.75 Å². The predicted octanol–water partition coefficient (Wildman–Crippen LogP) is 2.89. The molecule has 0 amide bonds. The molecule has 0 saturated heterocycles. The predicted molar refractivity (Wildman–Crippen MR) is 54.9 cm³/mol. The fraction of sp³-hybridized carbons (Fsp3) is 0.333. The van der Waals surface area contributed by atoms with Gasteiger partial charge in [-0.3, -0.25) is 0 Å². The summed E-state index contributed by atoms with van der Waals surface area (Å²) in [5, 5.41) is 3.05. The van der Waals surface area contributed by atoms with Gasteiger partial charge in [-0.05, 0) is 35.0 Å². The van der Waals surface area contributed by atoms with Crippen LogP contribution >= 0.6 is 15.9 Å². The molecule has 0 aliphatic carbocycles. The van der Waals surface area contributed by atoms with Crippen molar-refractivity contribution >= 4 is 21.6 Å². The Bertz CT molecular complexity index is 263. The Morgan fingerprint density at radius 3 is 2.83 bits per heavy atom. The van der Waals surface area contributed by atoms with Gasteiger partial charge in [0.2, 0.25) is 0 Å². The SMILES string of the molecule is CCOc1cc(NC)ccc1Br. The first-order valence-electron chi connectivity index (χ1n) is 3.88. The first kappa shape index (κ1) is 9.39. The molecule has 0 bridgehead atoms. The van der Waals surface area contributed by atoms with E-state index in [-0.39, 0.29) is 0 Å². The zero-order valence-electron chi connectivity index (χ0n) is 7.23. The molecule has 66 valence electrons. The van der Waals surface area contributed by atoms with E-state index in [1.807, 2.05) is 32.2 Å². The summed E-state index contributed by atoms with van der Waals surface area (Å²) in [5.41, 5.74) is 1.06. The minimum absolute atomic E-state index is 0.686. The van der Waals surface area contributed by atoms with E-state index in [1.54, 1.807) is 0 Å². The molecule has 1 aromatic rings. The maximum Gasteiger partial charge on any atom is 0.135 e. The highest BCUT2D eigenvalue weighted by molar-refractivity contribution is 9.10. The van der Waals surface area contributed by atoms with Crippen molar-refractivity contribution in [2.75, 3.05) is 19.0 Å². The molecule has 1 aromatic carbocycles. The van der Waals surface area contributed by atoms with Crippen LogP contribution in [0.25, 0.3) is 0 Å². The Morgan fingerprint density at radius 2 is 2.25 bits per heavy atom. The minimum Gasteiger partial charge on any atom is -0.493 e. The van der Waals surface area contributed by atoms with Gasteiger partial charge in [-0.25, -0.2) is 0 Å². The summed E-state index contributed by atoms with van der Waals surface area (Å²) in [4.78, 5) is 0. The molecule has 0 aliphatic rings. The quantitative estimate of drug-likeness (QED) is 0.861. The van der Waals surface area contributed by atoms with E-state index in [2.05, 4.69) is 21.2 Å². The highest BCUT2D eigenvalue weighted by Gasteiger charge is 2.00. The lowest BCUT2D eigenvalue weighted by molar-refractivity contribution is 0.338. The van der Waals surface area contributed by atoms with Gasteiger partial charge < -0.3 is 10.1 Å². The van der Waals surface area contributed by atoms with E-state index in [9.17, 15) is 0 Å². The molecule has 1 rings (SSSR count). The van der Waals surface area contributed by atoms with Gasteiger partial charge in [0, 0.05) is 18.8 Å². The van der Waals surface area contributed by atoms with Crippen molar-refractivity contribution in [3.05, 3.63) is 22.7 Å². The molecule has 2 nitrogen and oxygen atoms in total. The van der Waals surface area contributed by atoms with Crippen molar-refractivity contribution in [2.45, 2.75) is 6.92 Å². The van der Waals surface area contributed by atoms with Crippen molar-refractivity contribution in [1.29, 1.82) is 0 Å². The zero-order valence-corrected chi connectivity index (χ0v) is 8.81. The van der Waals surface area contributed by atoms with Crippen molar-refractivity contribution in [3.63, 3.8) is 0 Å². The lowest BCUT2D eigenvalue weighted by Crippen LogP contribution is -1.94. The average molecular weight is 230 g/mol. The van der Waals surface area contributed by atoms with Gasteiger partial charge in [0.25, 0.3) is 0 Å². The fourth-order valence-electron chi connectivity index (χ4n) is 0.925. The second-order valence-corrected chi connectivity index (χ2v) is 3.18. The number of hydrogen-bond donors (Lipinski definition) is 1. The maximum absolute atomic E-state index is 5.39. The van der Waals surface area contributed by atoms with E-state index in [0.717, 1.165) is 15.9 Å². The average Bonchev–Trinajstić information content (AvgIpc) is 2.09. The zero-order chi connectivity index (χ0) is 8.97. The molecule has 0 saturated carbocycles. The number of hydrogen-bond acceptors (Lipinski definition) is 2. The van der Waals surface area contributed by atoms with Gasteiger partial charge in [-0.1, -0.05) is 0 Å². The van der Waals surface area contributed by atoms with Crippen LogP contribution < -0.4 is 10.1 Å². The number of nitrogens with one attached hydrogen (secondary N) is 1. The van der Waals surface area contributed by atoms with Crippen LogP contribution in [0.3, 0.4) is 0 Å². The third-order valence-corrected chi connectivity index (χ3v) is 2.17. The molecule has 0 aliphatic heterocycles. The van der Waals surface area contributed by atoms with Crippen molar-refractivity contribution in [1.82, 2.24) is 0 Å². The number of ether oxygens (including phenoxy) is 1. The Hall–Kier alpha value is -0.700. The smallest absolute Gasteiger partial charge is 0.135 e. The summed E-state index contributed by atoms with van der Waals surface area (Å²) in [5.74, 6) is 0.879. The van der Waals surface area contributed by atoms with Gasteiger partial charge in [0.1, 0.15) is 5.75 Å². The van der Waals surface area contributed by atoms with Gasteiger partial charge >= 0.3 is 0 Å². The number of halogens is 1. The third-order valence-electron chi connectivity index (χ3n) is 1.52. The van der Waals surface area contributed by atoms with Gasteiger partial charge in [0.05, 0.1) is 11.1 Å². The van der Waals surface area contributed by atoms with Crippen molar-refractivity contribution in [2.24, 2.45) is 0 Å². The minimum atomic E-state index is 0.686. The highest BCUT2D eigenvalue weighted by atomic mass is 79.9. The monoisotopic (exact) mass is 229 g/mol. The summed E-state index contributed by atoms with van der Waals surface area (Å²) >= 11 is 3.41. The van der Waals surface area contributed by atoms with Crippen LogP contribution in [-0.2, 0) is 0 Å². The van der Waals surface area contributed by atoms with Crippen LogP contribution in [0.4, 0.5) is 5.69 Å². The first-order valence-corrected chi connectivity index (χ1v) is 4.67. The molecule has 0 unspecified atom stereocenters. The van der Waals surface area contributed by atoms with Gasteiger partial charge in [0.15, 0.2) is 0 Å². The van der Waals surface area contributed by atoms with E-state index < -0.39 is 0 Å². The largest absolute Gasteiger partial charge is 0.493 e. The van der Waals surface area contributed by atoms with Crippen LogP contribution in [0.1, 0.15) is 6.92 Å². The number of benzene rings is 1. The van der Waals surface area contributed by atoms with E-state index >= 15 is 0 Å². The molecule has 0 spiro atoms. The van der Waals surface area contributed by atoms with Gasteiger partial charge in [-0.15, -0.1) is 0 Å². The van der Waals surface area contributed by atoms with Crippen LogP contribution in [0, 0.1) is 0 Å². The molecule has 0 radical (unpaired) electrons. The lowest BCUT2D eigenvalue weighted by Gasteiger charge is -2.07. The third kappa shape index (κ3) is 2.14. The Balaban J connectivity index is 2.91. The molecule has 0 atom stereocenters. The molecule has 0 fully saturated rings. The van der Waals surface area contributed by atoms with Crippen LogP contribution in [0.15, 0.2) is 22.7 Å². The summed E-state index contributed by atoms with van der Waals surface area (Å²) in [6, 6.07) is 5.93. The Morgan fingerprint density at radius 1 is 1.50 bits per heavy atom. The maximum atomic E-state index is 5.39. The van der Waals surface area contributed by atoms with Crippen molar-refractivity contribution < 1.29 is 4.74 Å². The number of rotatable bonds is 3. The van der Waals surface area contributed by atoms with E-state index in [1.165, 1.54) is 0 Å². The highest BCUT2D eigenvalue weighted by Crippen LogP contribution is 2.27. The van der Waals surface area contributed by atoms with E-state index in [0.29, 0.717) is 6.61 Å². The second-order valence-electron chi connectivity index (χ2n) is 2.33. The molecular weight excluding hydrogens is 218 g/mol. The normalized spacial score (nSPS) is 9.58. The standard InChI is InChI=1S/C9H12BrNO/c1-3-12-9-6-7(11-2)4-5-8(9)10/h4-6,11H,3H2,1-2H3. The van der Waals surface area contributed by atoms with Gasteiger partial charge in [-0.2, -0.15) is 0 Å². The molecule has 0 aromatic heterocycles. The van der Waals surface area contributed by atoms with Crippen LogP contribution in [0.5, 0.6) is 5.75 Å². The lowest BCUT2D eigenvalue weighted by atomic mass is 10.3. The van der Waals surface area contributed by atoms with E-state index in [4.69, 9.17) is 4.74 Å². The molecule has 0 heterocycles. The molecule has 3 heteroatoms. The first-order chi connectivity index (χ1) is 5.77. The second kappa shape index (κ2) is 4.36. The Kier molecular flexibility index (Phi) is 3.41. The van der Waals surface area contributed by atoms with Crippen LogP contribution in [-0.4, -0.2) is 13.7 Å². The number of anilines is 1. The summed E-state index contributed by atoms with van der Waals surface area (Å²) in [6.07, 6.45) is 0. The summed E-state index contributed by atoms with van der Waals surface area (Å²) in [7, 11) is 1.89. The molecule has 1 N–H and O–H groups in total. The van der Waals surface area contributed by atoms with Crippen LogP contribution in [0.2, 0.25) is 0 Å². The Labute approximate surface area is 81.1 Å². The topological polar surface area (TPSA) is 21.3 Å². The molecule has 12 heavy (non-hydrogen) atoms. The molecular formula is C9H12BrNO. The summed E-state index contributed by atoms with van der Waals surface area (Å²) in [6.45, 7) is 2.66. The summed E-state index contributed by atoms with van der Waals surface area (Å²) < 4.78 is 6.38. The fourth-order valence-corrected chi connectivity index (χ4v) is 1.29.